The minimum Gasteiger partial charge on any atom is -0.461 e. The Morgan fingerprint density at radius 1 is 1.40 bits per heavy atom. The second-order valence-electron chi connectivity index (χ2n) is 7.39. The molecule has 0 bridgehead atoms. The topological polar surface area (TPSA) is 54.7 Å². The summed E-state index contributed by atoms with van der Waals surface area (Å²) in [6.07, 6.45) is 4.42. The Kier molecular flexibility index (Phi) is 4.42. The van der Waals surface area contributed by atoms with E-state index in [4.69, 9.17) is 9.15 Å². The number of nitrogens with one attached hydrogen (secondary N) is 1. The van der Waals surface area contributed by atoms with Gasteiger partial charge in [0.2, 0.25) is 0 Å². The number of fused-ring (bicyclic) bond motifs is 1. The second-order valence-corrected chi connectivity index (χ2v) is 7.39. The monoisotopic (exact) mass is 342 g/mol. The molecule has 1 saturated heterocycles. The van der Waals surface area contributed by atoms with E-state index in [2.05, 4.69) is 11.4 Å². The fourth-order valence-corrected chi connectivity index (χ4v) is 4.27. The first-order valence-corrected chi connectivity index (χ1v) is 9.29. The molecule has 1 aliphatic carbocycles. The fourth-order valence-electron chi connectivity index (χ4n) is 4.27. The molecule has 1 spiro atoms. The lowest BCUT2D eigenvalue weighted by molar-refractivity contribution is -0.0704. The van der Waals surface area contributed by atoms with Gasteiger partial charge in [0.1, 0.15) is 11.3 Å². The second kappa shape index (κ2) is 6.71. The summed E-state index contributed by atoms with van der Waals surface area (Å²) in [5.74, 6) is 0.915. The molecule has 134 valence electrons. The summed E-state index contributed by atoms with van der Waals surface area (Å²) in [4.78, 5) is 14.4. The van der Waals surface area contributed by atoms with Crippen LogP contribution >= 0.6 is 0 Å². The third kappa shape index (κ3) is 3.38. The number of para-hydroxylation sites is 1. The van der Waals surface area contributed by atoms with Gasteiger partial charge in [0, 0.05) is 38.0 Å². The molecular weight excluding hydrogens is 316 g/mol. The van der Waals surface area contributed by atoms with Crippen LogP contribution in [-0.4, -0.2) is 43.3 Å². The van der Waals surface area contributed by atoms with E-state index in [1.54, 1.807) is 0 Å². The molecule has 1 aliphatic heterocycles. The molecule has 1 N–H and O–H groups in total. The van der Waals surface area contributed by atoms with Gasteiger partial charge in [0.05, 0.1) is 6.10 Å². The lowest BCUT2D eigenvalue weighted by Gasteiger charge is -2.44. The van der Waals surface area contributed by atoms with Gasteiger partial charge in [0.15, 0.2) is 0 Å². The zero-order valence-electron chi connectivity index (χ0n) is 14.8. The molecular formula is C20H26N2O3. The molecule has 4 rings (SSSR count). The number of carbonyl (C=O) groups is 1. The SMILES string of the molecule is CCOC1CC2(CCN(C(=O)NCCc3cc4ccccc4o3)C2)C1. The zero-order valence-corrected chi connectivity index (χ0v) is 14.8. The smallest absolute Gasteiger partial charge is 0.317 e. The normalized spacial score (nSPS) is 25.5. The number of benzene rings is 1. The van der Waals surface area contributed by atoms with E-state index in [1.807, 2.05) is 36.1 Å². The number of carbonyl (C=O) groups excluding carboxylic acids is 1. The Balaban J connectivity index is 1.23. The van der Waals surface area contributed by atoms with E-state index in [-0.39, 0.29) is 6.03 Å². The van der Waals surface area contributed by atoms with Crippen LogP contribution < -0.4 is 5.32 Å². The molecule has 2 aromatic rings. The minimum absolute atomic E-state index is 0.0489. The number of furan rings is 1. The molecule has 1 saturated carbocycles. The molecule has 1 aromatic heterocycles. The van der Waals surface area contributed by atoms with Crippen LogP contribution in [0.15, 0.2) is 34.7 Å². The van der Waals surface area contributed by atoms with Crippen molar-refractivity contribution in [2.45, 2.75) is 38.7 Å². The van der Waals surface area contributed by atoms with Crippen LogP contribution in [0.25, 0.3) is 11.0 Å². The van der Waals surface area contributed by atoms with Gasteiger partial charge in [-0.15, -0.1) is 0 Å². The molecule has 2 fully saturated rings. The first-order valence-electron chi connectivity index (χ1n) is 9.29. The number of rotatable bonds is 5. The molecule has 2 aliphatic rings. The van der Waals surface area contributed by atoms with Crippen LogP contribution in [0.3, 0.4) is 0 Å². The molecule has 25 heavy (non-hydrogen) atoms. The highest BCUT2D eigenvalue weighted by Gasteiger charge is 2.49. The summed E-state index contributed by atoms with van der Waals surface area (Å²) < 4.78 is 11.5. The summed E-state index contributed by atoms with van der Waals surface area (Å²) in [6.45, 7) is 5.15. The van der Waals surface area contributed by atoms with E-state index >= 15 is 0 Å². The number of amides is 2. The van der Waals surface area contributed by atoms with Crippen molar-refractivity contribution in [1.29, 1.82) is 0 Å². The number of hydrogen-bond donors (Lipinski definition) is 1. The van der Waals surface area contributed by atoms with Crippen molar-refractivity contribution >= 4 is 17.0 Å². The fraction of sp³-hybridized carbons (Fsp3) is 0.550. The Morgan fingerprint density at radius 3 is 3.04 bits per heavy atom. The van der Waals surface area contributed by atoms with Crippen molar-refractivity contribution in [1.82, 2.24) is 10.2 Å². The zero-order chi connectivity index (χ0) is 17.3. The maximum Gasteiger partial charge on any atom is 0.317 e. The van der Waals surface area contributed by atoms with Crippen LogP contribution in [0.5, 0.6) is 0 Å². The molecule has 0 atom stereocenters. The Bertz CT molecular complexity index is 715. The van der Waals surface area contributed by atoms with Crippen molar-refractivity contribution in [2.75, 3.05) is 26.2 Å². The van der Waals surface area contributed by atoms with E-state index in [0.29, 0.717) is 24.5 Å². The lowest BCUT2D eigenvalue weighted by Crippen LogP contribution is -2.46. The van der Waals surface area contributed by atoms with Crippen LogP contribution in [0.4, 0.5) is 4.79 Å². The molecule has 0 unspecified atom stereocenters. The summed E-state index contributed by atoms with van der Waals surface area (Å²) in [5, 5.41) is 4.15. The van der Waals surface area contributed by atoms with E-state index < -0.39 is 0 Å². The maximum atomic E-state index is 12.4. The standard InChI is InChI=1S/C20H26N2O3/c1-2-24-17-12-20(13-17)8-10-22(14-20)19(23)21-9-7-16-11-15-5-3-4-6-18(15)25-16/h3-6,11,17H,2,7-10,12-14H2,1H3,(H,21,23). The summed E-state index contributed by atoms with van der Waals surface area (Å²) in [7, 11) is 0. The number of hydrogen-bond acceptors (Lipinski definition) is 3. The first kappa shape index (κ1) is 16.5. The quantitative estimate of drug-likeness (QED) is 0.904. The summed E-state index contributed by atoms with van der Waals surface area (Å²) in [6, 6.07) is 10.1. The number of ether oxygens (including phenoxy) is 1. The highest BCUT2D eigenvalue weighted by atomic mass is 16.5. The molecule has 0 radical (unpaired) electrons. The van der Waals surface area contributed by atoms with E-state index in [0.717, 1.165) is 55.7 Å². The highest BCUT2D eigenvalue weighted by molar-refractivity contribution is 5.77. The molecule has 1 aromatic carbocycles. The van der Waals surface area contributed by atoms with Gasteiger partial charge in [-0.1, -0.05) is 18.2 Å². The van der Waals surface area contributed by atoms with Crippen LogP contribution in [0.2, 0.25) is 0 Å². The van der Waals surface area contributed by atoms with Crippen LogP contribution in [0, 0.1) is 5.41 Å². The summed E-state index contributed by atoms with van der Waals surface area (Å²) >= 11 is 0. The predicted octanol–water partition coefficient (Wildman–Crippen LogP) is 3.58. The minimum atomic E-state index is 0.0489. The van der Waals surface area contributed by atoms with Crippen molar-refractivity contribution in [3.63, 3.8) is 0 Å². The van der Waals surface area contributed by atoms with Gasteiger partial charge in [-0.25, -0.2) is 4.79 Å². The van der Waals surface area contributed by atoms with E-state index in [1.165, 1.54) is 0 Å². The third-order valence-electron chi connectivity index (χ3n) is 5.57. The number of nitrogens with zero attached hydrogens (tertiary/aromatic N) is 1. The first-order chi connectivity index (χ1) is 12.2. The molecule has 2 amide bonds. The third-order valence-corrected chi connectivity index (χ3v) is 5.57. The van der Waals surface area contributed by atoms with Crippen molar-refractivity contribution in [3.8, 4) is 0 Å². The number of likely N-dealkylation sites (tertiary alicyclic amines) is 1. The van der Waals surface area contributed by atoms with Crippen molar-refractivity contribution < 1.29 is 13.9 Å². The average Bonchev–Trinajstić information content (AvgIpc) is 3.18. The van der Waals surface area contributed by atoms with Gasteiger partial charge < -0.3 is 19.4 Å². The van der Waals surface area contributed by atoms with Gasteiger partial charge >= 0.3 is 6.03 Å². The molecule has 2 heterocycles. The van der Waals surface area contributed by atoms with Gasteiger partial charge in [-0.05, 0) is 43.7 Å². The van der Waals surface area contributed by atoms with Crippen molar-refractivity contribution in [2.24, 2.45) is 5.41 Å². The van der Waals surface area contributed by atoms with Gasteiger partial charge in [0.25, 0.3) is 0 Å². The predicted molar refractivity (Wildman–Crippen MR) is 96.6 cm³/mol. The molecule has 5 nitrogen and oxygen atoms in total. The average molecular weight is 342 g/mol. The molecule has 5 heteroatoms. The van der Waals surface area contributed by atoms with Crippen molar-refractivity contribution in [3.05, 3.63) is 36.1 Å². The van der Waals surface area contributed by atoms with Crippen LogP contribution in [-0.2, 0) is 11.2 Å². The number of urea groups is 1. The Hall–Kier alpha value is -2.01. The summed E-state index contributed by atoms with van der Waals surface area (Å²) in [5.41, 5.74) is 1.22. The van der Waals surface area contributed by atoms with Gasteiger partial charge in [-0.2, -0.15) is 0 Å². The largest absolute Gasteiger partial charge is 0.461 e. The van der Waals surface area contributed by atoms with Crippen LogP contribution in [0.1, 0.15) is 31.9 Å². The maximum absolute atomic E-state index is 12.4. The van der Waals surface area contributed by atoms with E-state index in [9.17, 15) is 4.79 Å². The highest BCUT2D eigenvalue weighted by Crippen LogP contribution is 2.49. The van der Waals surface area contributed by atoms with Gasteiger partial charge in [-0.3, -0.25) is 0 Å². The lowest BCUT2D eigenvalue weighted by atomic mass is 9.66. The Labute approximate surface area is 148 Å². The Morgan fingerprint density at radius 2 is 2.24 bits per heavy atom.